The molecule has 0 unspecified atom stereocenters. The van der Waals surface area contributed by atoms with Gasteiger partial charge in [-0.3, -0.25) is 9.78 Å². The van der Waals surface area contributed by atoms with Gasteiger partial charge in [-0.25, -0.2) is 0 Å². The van der Waals surface area contributed by atoms with Crippen molar-refractivity contribution >= 4 is 5.91 Å². The molecule has 0 spiro atoms. The molecule has 0 bridgehead atoms. The van der Waals surface area contributed by atoms with Crippen LogP contribution in [-0.2, 0) is 13.1 Å². The summed E-state index contributed by atoms with van der Waals surface area (Å²) in [6, 6.07) is 3.33. The Bertz CT molecular complexity index is 494. The summed E-state index contributed by atoms with van der Waals surface area (Å²) >= 11 is 0. The summed E-state index contributed by atoms with van der Waals surface area (Å²) in [6.45, 7) is 3.15. The molecule has 0 aromatic carbocycles. The summed E-state index contributed by atoms with van der Waals surface area (Å²) in [4.78, 5) is 15.6. The standard InChI is InChI=1S/C11H13N5O/c1-2-16-8-14-15-10(16)7-13-11(17)9-3-5-12-6-4-9/h3-6,8H,2,7H2,1H3,(H,13,17). The lowest BCUT2D eigenvalue weighted by Crippen LogP contribution is -2.24. The molecule has 0 saturated heterocycles. The largest absolute Gasteiger partial charge is 0.345 e. The maximum atomic E-state index is 11.7. The van der Waals surface area contributed by atoms with E-state index in [0.717, 1.165) is 12.4 Å². The molecule has 0 atom stereocenters. The van der Waals surface area contributed by atoms with Crippen molar-refractivity contribution in [2.45, 2.75) is 20.0 Å². The normalized spacial score (nSPS) is 10.2. The third-order valence-electron chi connectivity index (χ3n) is 2.39. The maximum absolute atomic E-state index is 11.7. The Morgan fingerprint density at radius 1 is 1.41 bits per heavy atom. The molecule has 1 amide bonds. The Hall–Kier alpha value is -2.24. The number of hydrogen-bond acceptors (Lipinski definition) is 4. The first-order chi connectivity index (χ1) is 8.31. The fourth-order valence-electron chi connectivity index (χ4n) is 1.44. The van der Waals surface area contributed by atoms with Gasteiger partial charge in [-0.05, 0) is 19.1 Å². The van der Waals surface area contributed by atoms with Gasteiger partial charge in [0, 0.05) is 24.5 Å². The van der Waals surface area contributed by atoms with Gasteiger partial charge in [-0.1, -0.05) is 0 Å². The zero-order chi connectivity index (χ0) is 12.1. The van der Waals surface area contributed by atoms with Crippen LogP contribution in [0, 0.1) is 0 Å². The Kier molecular flexibility index (Phi) is 3.44. The zero-order valence-electron chi connectivity index (χ0n) is 9.50. The van der Waals surface area contributed by atoms with Crippen molar-refractivity contribution < 1.29 is 4.79 Å². The van der Waals surface area contributed by atoms with Crippen molar-refractivity contribution in [3.8, 4) is 0 Å². The lowest BCUT2D eigenvalue weighted by atomic mass is 10.2. The second kappa shape index (κ2) is 5.20. The van der Waals surface area contributed by atoms with Crippen molar-refractivity contribution in [3.05, 3.63) is 42.2 Å². The summed E-state index contributed by atoms with van der Waals surface area (Å²) in [5, 5.41) is 10.5. The molecule has 0 fully saturated rings. The molecule has 0 saturated carbocycles. The molecule has 2 aromatic heterocycles. The molecule has 2 rings (SSSR count). The SMILES string of the molecule is CCn1cnnc1CNC(=O)c1ccncc1. The Balaban J connectivity index is 1.97. The quantitative estimate of drug-likeness (QED) is 0.837. The molecule has 0 aliphatic rings. The van der Waals surface area contributed by atoms with Crippen LogP contribution in [0.3, 0.4) is 0 Å². The molecule has 0 aliphatic heterocycles. The zero-order valence-corrected chi connectivity index (χ0v) is 9.50. The number of nitrogens with one attached hydrogen (secondary N) is 1. The van der Waals surface area contributed by atoms with Crippen LogP contribution in [0.2, 0.25) is 0 Å². The topological polar surface area (TPSA) is 72.7 Å². The van der Waals surface area contributed by atoms with E-state index in [4.69, 9.17) is 0 Å². The first kappa shape index (κ1) is 11.3. The highest BCUT2D eigenvalue weighted by Gasteiger charge is 2.07. The van der Waals surface area contributed by atoms with Crippen LogP contribution in [0.4, 0.5) is 0 Å². The number of nitrogens with zero attached hydrogens (tertiary/aromatic N) is 4. The summed E-state index contributed by atoms with van der Waals surface area (Å²) in [6.07, 6.45) is 4.82. The average molecular weight is 231 g/mol. The van der Waals surface area contributed by atoms with Crippen LogP contribution in [0.1, 0.15) is 23.1 Å². The monoisotopic (exact) mass is 231 g/mol. The van der Waals surface area contributed by atoms with E-state index in [1.165, 1.54) is 0 Å². The van der Waals surface area contributed by atoms with E-state index in [9.17, 15) is 4.79 Å². The molecule has 0 radical (unpaired) electrons. The van der Waals surface area contributed by atoms with Gasteiger partial charge >= 0.3 is 0 Å². The molecular weight excluding hydrogens is 218 g/mol. The molecule has 2 heterocycles. The number of rotatable bonds is 4. The predicted molar refractivity (Wildman–Crippen MR) is 61.1 cm³/mol. The van der Waals surface area contributed by atoms with Gasteiger partial charge in [0.05, 0.1) is 6.54 Å². The number of hydrogen-bond donors (Lipinski definition) is 1. The minimum Gasteiger partial charge on any atom is -0.345 e. The van der Waals surface area contributed by atoms with Crippen molar-refractivity contribution in [2.75, 3.05) is 0 Å². The van der Waals surface area contributed by atoms with E-state index in [1.807, 2.05) is 11.5 Å². The molecule has 2 aromatic rings. The summed E-state index contributed by atoms with van der Waals surface area (Å²) in [7, 11) is 0. The second-order valence-electron chi connectivity index (χ2n) is 3.45. The lowest BCUT2D eigenvalue weighted by Gasteiger charge is -2.05. The van der Waals surface area contributed by atoms with Gasteiger partial charge < -0.3 is 9.88 Å². The van der Waals surface area contributed by atoms with Gasteiger partial charge in [0.15, 0.2) is 5.82 Å². The third-order valence-corrected chi connectivity index (χ3v) is 2.39. The van der Waals surface area contributed by atoms with Crippen LogP contribution in [0.15, 0.2) is 30.9 Å². The van der Waals surface area contributed by atoms with Crippen LogP contribution >= 0.6 is 0 Å². The number of amides is 1. The first-order valence-electron chi connectivity index (χ1n) is 5.36. The van der Waals surface area contributed by atoms with E-state index >= 15 is 0 Å². The highest BCUT2D eigenvalue weighted by molar-refractivity contribution is 5.93. The first-order valence-corrected chi connectivity index (χ1v) is 5.36. The number of carbonyl (C=O) groups is 1. The summed E-state index contributed by atoms with van der Waals surface area (Å²) in [5.41, 5.74) is 0.586. The van der Waals surface area contributed by atoms with E-state index in [1.54, 1.807) is 30.9 Å². The minimum absolute atomic E-state index is 0.141. The lowest BCUT2D eigenvalue weighted by molar-refractivity contribution is 0.0949. The average Bonchev–Trinajstić information content (AvgIpc) is 2.84. The van der Waals surface area contributed by atoms with E-state index in [2.05, 4.69) is 20.5 Å². The van der Waals surface area contributed by atoms with Crippen LogP contribution < -0.4 is 5.32 Å². The Morgan fingerprint density at radius 3 is 2.88 bits per heavy atom. The molecule has 0 aliphatic carbocycles. The molecule has 17 heavy (non-hydrogen) atoms. The molecule has 88 valence electrons. The fourth-order valence-corrected chi connectivity index (χ4v) is 1.44. The summed E-state index contributed by atoms with van der Waals surface area (Å²) < 4.78 is 1.88. The Morgan fingerprint density at radius 2 is 2.18 bits per heavy atom. The van der Waals surface area contributed by atoms with E-state index < -0.39 is 0 Å². The summed E-state index contributed by atoms with van der Waals surface area (Å²) in [5.74, 6) is 0.605. The van der Waals surface area contributed by atoms with Crippen molar-refractivity contribution in [2.24, 2.45) is 0 Å². The second-order valence-corrected chi connectivity index (χ2v) is 3.45. The third kappa shape index (κ3) is 2.66. The molecule has 6 heteroatoms. The van der Waals surface area contributed by atoms with Crippen molar-refractivity contribution in [1.82, 2.24) is 25.1 Å². The fraction of sp³-hybridized carbons (Fsp3) is 0.273. The smallest absolute Gasteiger partial charge is 0.251 e. The van der Waals surface area contributed by atoms with Crippen molar-refractivity contribution in [1.29, 1.82) is 0 Å². The van der Waals surface area contributed by atoms with Crippen LogP contribution in [0.25, 0.3) is 0 Å². The number of pyridine rings is 1. The van der Waals surface area contributed by atoms with Gasteiger partial charge in [0.25, 0.3) is 5.91 Å². The highest BCUT2D eigenvalue weighted by atomic mass is 16.1. The van der Waals surface area contributed by atoms with Crippen molar-refractivity contribution in [3.63, 3.8) is 0 Å². The maximum Gasteiger partial charge on any atom is 0.251 e. The predicted octanol–water partition coefficient (Wildman–Crippen LogP) is 0.623. The molecule has 6 nitrogen and oxygen atoms in total. The van der Waals surface area contributed by atoms with Crippen LogP contribution in [0.5, 0.6) is 0 Å². The number of aryl methyl sites for hydroxylation is 1. The molecular formula is C11H13N5O. The molecule has 1 N–H and O–H groups in total. The van der Waals surface area contributed by atoms with Crippen LogP contribution in [-0.4, -0.2) is 25.7 Å². The van der Waals surface area contributed by atoms with Gasteiger partial charge in [-0.2, -0.15) is 0 Å². The van der Waals surface area contributed by atoms with Gasteiger partial charge in [0.1, 0.15) is 6.33 Å². The van der Waals surface area contributed by atoms with E-state index in [-0.39, 0.29) is 5.91 Å². The van der Waals surface area contributed by atoms with Gasteiger partial charge in [0.2, 0.25) is 0 Å². The number of aromatic nitrogens is 4. The Labute approximate surface area is 98.7 Å². The minimum atomic E-state index is -0.141. The highest BCUT2D eigenvalue weighted by Crippen LogP contribution is 1.98. The van der Waals surface area contributed by atoms with E-state index in [0.29, 0.717) is 12.1 Å². The van der Waals surface area contributed by atoms with Gasteiger partial charge in [-0.15, -0.1) is 10.2 Å². The number of carbonyl (C=O) groups excluding carboxylic acids is 1.